The lowest BCUT2D eigenvalue weighted by Crippen LogP contribution is -2.56. The Balaban J connectivity index is 1.14. The number of nitrogens with one attached hydrogen (secondary N) is 1. The largest absolute Gasteiger partial charge is 0.435 e. The van der Waals surface area contributed by atoms with Gasteiger partial charge in [0.15, 0.2) is 11.9 Å². The molecule has 4 aromatic rings. The Morgan fingerprint density at radius 3 is 2.62 bits per heavy atom. The Bertz CT molecular complexity index is 2010. The number of likely N-dealkylation sites (tertiary alicyclic amines) is 1. The van der Waals surface area contributed by atoms with Crippen LogP contribution in [-0.2, 0) is 33.5 Å². The zero-order valence-corrected chi connectivity index (χ0v) is 31.0. The molecule has 19 heteroatoms. The van der Waals surface area contributed by atoms with Crippen molar-refractivity contribution in [1.29, 1.82) is 0 Å². The summed E-state index contributed by atoms with van der Waals surface area (Å²) in [5.41, 5.74) is -1.86. The van der Waals surface area contributed by atoms with Crippen LogP contribution in [0, 0.1) is 5.41 Å². The first-order chi connectivity index (χ1) is 25.0. The highest BCUT2D eigenvalue weighted by Crippen LogP contribution is 2.66. The first-order valence-corrected chi connectivity index (χ1v) is 18.3. The van der Waals surface area contributed by atoms with Gasteiger partial charge < -0.3 is 15.0 Å². The first kappa shape index (κ1) is 37.4. The molecule has 7 rings (SSSR count). The molecule has 2 saturated heterocycles. The third-order valence-corrected chi connectivity index (χ3v) is 10.9. The number of hydrogen-bond donors (Lipinski definition) is 1. The number of amides is 2. The van der Waals surface area contributed by atoms with Crippen molar-refractivity contribution in [2.24, 2.45) is 5.41 Å². The molecular weight excluding hydrogens is 793 g/mol. The van der Waals surface area contributed by atoms with Gasteiger partial charge in [-0.3, -0.25) is 14.3 Å². The number of carbonyl (C=O) groups is 2. The Morgan fingerprint density at radius 2 is 1.94 bits per heavy atom. The van der Waals surface area contributed by atoms with Crippen molar-refractivity contribution in [3.8, 4) is 11.4 Å². The van der Waals surface area contributed by atoms with E-state index in [0.717, 1.165) is 39.8 Å². The Kier molecular flexibility index (Phi) is 9.93. The number of halogens is 7. The van der Waals surface area contributed by atoms with Gasteiger partial charge in [-0.25, -0.2) is 4.68 Å². The van der Waals surface area contributed by atoms with Gasteiger partial charge in [-0.1, -0.05) is 33.6 Å². The van der Waals surface area contributed by atoms with Crippen molar-refractivity contribution >= 4 is 39.3 Å². The molecule has 0 radical (unpaired) electrons. The summed E-state index contributed by atoms with van der Waals surface area (Å²) in [6.45, 7) is 0.838. The van der Waals surface area contributed by atoms with Crippen LogP contribution in [0.3, 0.4) is 0 Å². The molecule has 1 aliphatic carbocycles. The third-order valence-electron chi connectivity index (χ3n) is 10.1. The molecule has 1 N–H and O–H groups in total. The summed E-state index contributed by atoms with van der Waals surface area (Å²) >= 11 is 9.94. The van der Waals surface area contributed by atoms with Crippen LogP contribution in [0.15, 0.2) is 47.3 Å². The van der Waals surface area contributed by atoms with E-state index < -0.39 is 47.6 Å². The third kappa shape index (κ3) is 7.58. The van der Waals surface area contributed by atoms with Crippen molar-refractivity contribution in [2.75, 3.05) is 13.2 Å². The number of benzene rings is 1. The van der Waals surface area contributed by atoms with E-state index in [4.69, 9.17) is 16.3 Å². The molecule has 2 aliphatic heterocycles. The molecule has 3 aromatic heterocycles. The van der Waals surface area contributed by atoms with Gasteiger partial charge in [-0.05, 0) is 75.3 Å². The van der Waals surface area contributed by atoms with Gasteiger partial charge in [0.05, 0.1) is 35.6 Å². The van der Waals surface area contributed by atoms with Crippen molar-refractivity contribution in [3.63, 3.8) is 0 Å². The monoisotopic (exact) mass is 827 g/mol. The fraction of sp³-hybridized carbons (Fsp3) is 0.529. The van der Waals surface area contributed by atoms with Gasteiger partial charge in [0.1, 0.15) is 11.7 Å². The van der Waals surface area contributed by atoms with Crippen LogP contribution in [0.25, 0.3) is 11.4 Å². The minimum absolute atomic E-state index is 0.0284. The summed E-state index contributed by atoms with van der Waals surface area (Å²) in [6.07, 6.45) is 1.77. The number of nitrogens with zero attached hydrogens (tertiary/aromatic N) is 8. The van der Waals surface area contributed by atoms with E-state index >= 15 is 0 Å². The molecular formula is C34H36BrClF5N9O3. The van der Waals surface area contributed by atoms with Crippen molar-refractivity contribution < 1.29 is 36.3 Å². The van der Waals surface area contributed by atoms with Gasteiger partial charge >= 0.3 is 12.7 Å². The van der Waals surface area contributed by atoms with Crippen molar-refractivity contribution in [2.45, 2.75) is 95.4 Å². The van der Waals surface area contributed by atoms with Crippen LogP contribution in [0.1, 0.15) is 81.5 Å². The zero-order valence-electron chi connectivity index (χ0n) is 28.7. The number of alkyl halides is 5. The number of hydrogen-bond acceptors (Lipinski definition) is 7. The van der Waals surface area contributed by atoms with E-state index in [2.05, 4.69) is 41.6 Å². The lowest BCUT2D eigenvalue weighted by atomic mass is 9.97. The Hall–Kier alpha value is -3.90. The maximum Gasteiger partial charge on any atom is 0.435 e. The molecule has 284 valence electrons. The summed E-state index contributed by atoms with van der Waals surface area (Å²) in [4.78, 5) is 31.2. The normalized spacial score (nSPS) is 22.6. The van der Waals surface area contributed by atoms with Gasteiger partial charge in [0, 0.05) is 41.2 Å². The minimum Gasteiger partial charge on any atom is -0.355 e. The smallest absolute Gasteiger partial charge is 0.355 e. The molecule has 53 heavy (non-hydrogen) atoms. The molecule has 1 spiro atoms. The molecule has 2 amide bonds. The van der Waals surface area contributed by atoms with Crippen LogP contribution in [0.5, 0.6) is 0 Å². The molecule has 4 atom stereocenters. The van der Waals surface area contributed by atoms with E-state index in [1.165, 1.54) is 22.1 Å². The summed E-state index contributed by atoms with van der Waals surface area (Å²) in [6, 6.07) is 5.21. The fourth-order valence-corrected chi connectivity index (χ4v) is 8.23. The maximum atomic E-state index is 14.2. The second-order valence-corrected chi connectivity index (χ2v) is 15.8. The zero-order chi connectivity index (χ0) is 37.9. The van der Waals surface area contributed by atoms with Crippen LogP contribution in [0.2, 0.25) is 5.02 Å². The molecule has 3 aliphatic rings. The van der Waals surface area contributed by atoms with E-state index in [-0.39, 0.29) is 42.7 Å². The number of ether oxygens (including phenoxy) is 1. The highest BCUT2D eigenvalue weighted by molar-refractivity contribution is 9.10. The molecule has 1 aromatic carbocycles. The van der Waals surface area contributed by atoms with Gasteiger partial charge in [0.2, 0.25) is 11.8 Å². The first-order valence-electron chi connectivity index (χ1n) is 17.1. The lowest BCUT2D eigenvalue weighted by molar-refractivity contribution is -0.141. The van der Waals surface area contributed by atoms with Gasteiger partial charge in [0.25, 0.3) is 0 Å². The molecule has 1 unspecified atom stereocenters. The van der Waals surface area contributed by atoms with E-state index in [1.54, 1.807) is 19.9 Å². The lowest BCUT2D eigenvalue weighted by Gasteiger charge is -2.33. The molecule has 1 saturated carbocycles. The second kappa shape index (κ2) is 14.1. The summed E-state index contributed by atoms with van der Waals surface area (Å²) in [5, 5.41) is 19.6. The van der Waals surface area contributed by atoms with E-state index in [9.17, 15) is 31.5 Å². The predicted molar refractivity (Wildman–Crippen MR) is 184 cm³/mol. The standard InChI is InChI=1S/C34H36BrClF5N9O3/c1-32(2,18-49-25(13-27(46-49)34(39,40)41)24-16-43-50(45-24)28-5-3-4-10-53-28)44-29(51)26(11-19-15-42-48(17-19)31(37)38)47-9-8-33(30(47)52)14-22(33)21-7-6-20(35)12-23(21)36/h6-7,12-13,15-17,22,26,28,31H,3-5,8-11,14,18H2,1-2H3,(H,44,51)/t22-,26-,28?,33+/m1/s1. The van der Waals surface area contributed by atoms with E-state index in [0.29, 0.717) is 41.1 Å². The van der Waals surface area contributed by atoms with Crippen LogP contribution in [0.4, 0.5) is 22.0 Å². The molecule has 5 heterocycles. The Labute approximate surface area is 314 Å². The summed E-state index contributed by atoms with van der Waals surface area (Å²) < 4.78 is 76.8. The molecule has 12 nitrogen and oxygen atoms in total. The fourth-order valence-electron chi connectivity index (χ4n) is 7.43. The number of aromatic nitrogens is 7. The summed E-state index contributed by atoms with van der Waals surface area (Å²) in [5.74, 6) is -1.03. The number of rotatable bonds is 11. The highest BCUT2D eigenvalue weighted by Gasteiger charge is 2.65. The topological polar surface area (TPSA) is 125 Å². The molecule has 0 bridgehead atoms. The van der Waals surface area contributed by atoms with E-state index in [1.807, 2.05) is 12.1 Å². The average molecular weight is 829 g/mol. The van der Waals surface area contributed by atoms with Crippen molar-refractivity contribution in [3.05, 3.63) is 69.2 Å². The quantitative estimate of drug-likeness (QED) is 0.165. The highest BCUT2D eigenvalue weighted by atomic mass is 79.9. The predicted octanol–water partition coefficient (Wildman–Crippen LogP) is 6.78. The second-order valence-electron chi connectivity index (χ2n) is 14.5. The Morgan fingerprint density at radius 1 is 1.15 bits per heavy atom. The number of carbonyl (C=O) groups excluding carboxylic acids is 2. The maximum absolute atomic E-state index is 14.2. The average Bonchev–Trinajstić information content (AvgIpc) is 3.59. The summed E-state index contributed by atoms with van der Waals surface area (Å²) in [7, 11) is 0. The van der Waals surface area contributed by atoms with Gasteiger partial charge in [-0.2, -0.15) is 42.0 Å². The van der Waals surface area contributed by atoms with Crippen LogP contribution >= 0.6 is 27.5 Å². The SMILES string of the molecule is CC(C)(Cn1nc(C(F)(F)F)cc1-c1cnn(C2CCCCO2)n1)NC(=O)[C@@H](Cc1cnn(C(F)F)c1)N1CC[C@@]2(C[C@@H]2c2ccc(Br)cc2Cl)C1=O. The van der Waals surface area contributed by atoms with Crippen LogP contribution < -0.4 is 5.32 Å². The minimum atomic E-state index is -4.77. The van der Waals surface area contributed by atoms with Crippen LogP contribution in [-0.4, -0.2) is 76.0 Å². The van der Waals surface area contributed by atoms with Crippen molar-refractivity contribution in [1.82, 2.24) is 44.8 Å². The molecule has 3 fully saturated rings. The van der Waals surface area contributed by atoms with Gasteiger partial charge in [-0.15, -0.1) is 5.10 Å².